The van der Waals surface area contributed by atoms with Crippen LogP contribution in [0, 0.1) is 0 Å². The summed E-state index contributed by atoms with van der Waals surface area (Å²) in [6.07, 6.45) is 0. The van der Waals surface area contributed by atoms with Gasteiger partial charge in [-0.1, -0.05) is 6.47 Å². The van der Waals surface area contributed by atoms with Crippen molar-refractivity contribution < 1.29 is 15.4 Å². The molecule has 26 valence electrons. The van der Waals surface area contributed by atoms with E-state index in [9.17, 15) is 0 Å². The second kappa shape index (κ2) is 20.0. The molecule has 3 nitrogen and oxygen atoms in total. The molecule has 0 radical (unpaired) electrons. The maximum atomic E-state index is 8.24. The van der Waals surface area contributed by atoms with Gasteiger partial charge in [0.1, 0.15) is 0 Å². The molecule has 5 heavy (non-hydrogen) atoms. The van der Waals surface area contributed by atoms with Crippen LogP contribution in [0.3, 0.4) is 0 Å². The second-order valence-electron chi connectivity index (χ2n) is 0.0913. The van der Waals surface area contributed by atoms with Gasteiger partial charge in [0.2, 0.25) is 0 Å². The van der Waals surface area contributed by atoms with Crippen molar-refractivity contribution in [2.75, 3.05) is 0 Å². The normalized spacial score (nSPS) is 2.40. The molecule has 4 heteroatoms. The van der Waals surface area contributed by atoms with Gasteiger partial charge >= 0.3 is 48.9 Å². The Balaban J connectivity index is -0.0000000200. The number of hydrogen-bond acceptors (Lipinski definition) is 2. The average Bonchev–Trinajstić information content (AvgIpc) is 0.918. The van der Waals surface area contributed by atoms with E-state index in [2.05, 4.69) is 0 Å². The smallest absolute Gasteiger partial charge is 0.870 e. The molecular formula is CH2BaO3. The van der Waals surface area contributed by atoms with E-state index in [1.807, 2.05) is 0 Å². The van der Waals surface area contributed by atoms with Gasteiger partial charge in [-0.05, 0) is 0 Å². The minimum atomic E-state index is 0. The quantitative estimate of drug-likeness (QED) is 0.311. The Morgan fingerprint density at radius 3 is 1.60 bits per heavy atom. The molecule has 0 rings (SSSR count). The summed E-state index contributed by atoms with van der Waals surface area (Å²) in [6, 6.07) is 0. The predicted octanol–water partition coefficient (Wildman–Crippen LogP) is -0.946. The van der Waals surface area contributed by atoms with Crippen molar-refractivity contribution in [2.24, 2.45) is 0 Å². The molecule has 0 aromatic heterocycles. The first-order valence-corrected chi connectivity index (χ1v) is 0.428. The van der Waals surface area contributed by atoms with E-state index in [4.69, 9.17) is 9.90 Å². The Labute approximate surface area is 69.8 Å². The summed E-state index contributed by atoms with van der Waals surface area (Å²) >= 11 is 0. The van der Waals surface area contributed by atoms with Crippen molar-refractivity contribution in [2.45, 2.75) is 0 Å². The van der Waals surface area contributed by atoms with Gasteiger partial charge in [0.25, 0.3) is 0 Å². The Morgan fingerprint density at radius 1 is 1.60 bits per heavy atom. The van der Waals surface area contributed by atoms with Crippen LogP contribution >= 0.6 is 0 Å². The third-order valence-corrected chi connectivity index (χ3v) is 0. The monoisotopic (exact) mass is 201 g/mol. The third-order valence-electron chi connectivity index (χ3n) is 0. The summed E-state index contributed by atoms with van der Waals surface area (Å²) in [5.74, 6) is 0. The predicted molar refractivity (Wildman–Crippen MR) is 16.0 cm³/mol. The van der Waals surface area contributed by atoms with E-state index in [1.165, 1.54) is 0 Å². The molecule has 0 unspecified atom stereocenters. The van der Waals surface area contributed by atoms with Crippen LogP contribution in [0.5, 0.6) is 0 Å². The van der Waals surface area contributed by atoms with Crippen molar-refractivity contribution in [3.05, 3.63) is 0 Å². The summed E-state index contributed by atoms with van der Waals surface area (Å²) in [5, 5.41) is 6.76. The van der Waals surface area contributed by atoms with E-state index in [-0.39, 0.29) is 54.4 Å². The summed E-state index contributed by atoms with van der Waals surface area (Å²) in [5.41, 5.74) is 0. The van der Waals surface area contributed by atoms with Crippen LogP contribution in [0.1, 0.15) is 0 Å². The average molecular weight is 200 g/mol. The fourth-order valence-corrected chi connectivity index (χ4v) is 0. The maximum Gasteiger partial charge on any atom is 2.00 e. The summed E-state index contributed by atoms with van der Waals surface area (Å²) in [7, 11) is 0. The molecule has 0 saturated carbocycles. The van der Waals surface area contributed by atoms with Crippen LogP contribution in [-0.2, 0) is 4.79 Å². The van der Waals surface area contributed by atoms with Gasteiger partial charge in [-0.15, -0.1) is 0 Å². The molecule has 2 N–H and O–H groups in total. The molecule has 0 atom stereocenters. The largest absolute Gasteiger partial charge is 2.00 e. The Morgan fingerprint density at radius 2 is 1.60 bits per heavy atom. The molecule has 0 bridgehead atoms. The van der Waals surface area contributed by atoms with Crippen molar-refractivity contribution >= 4 is 55.4 Å². The zero-order valence-corrected chi connectivity index (χ0v) is 6.95. The Bertz CT molecular complexity index is 14.4. The first-order chi connectivity index (χ1) is 1.41. The topological polar surface area (TPSA) is 67.3 Å². The van der Waals surface area contributed by atoms with Crippen LogP contribution < -0.4 is 0 Å². The third kappa shape index (κ3) is 44.9. The molecule has 0 heterocycles. The van der Waals surface area contributed by atoms with Crippen LogP contribution in [0.25, 0.3) is 0 Å². The number of rotatable bonds is 0. The fourth-order valence-electron chi connectivity index (χ4n) is 0. The van der Waals surface area contributed by atoms with E-state index < -0.39 is 0 Å². The summed E-state index contributed by atoms with van der Waals surface area (Å²) in [6.45, 7) is 0.500. The fraction of sp³-hybridized carbons (Fsp3) is 0. The molecule has 0 spiro atoms. The van der Waals surface area contributed by atoms with Gasteiger partial charge in [0, 0.05) is 0 Å². The maximum absolute atomic E-state index is 8.24. The SMILES string of the molecule is O=[13C-]O.[Ba+2].[OH-]. The number of hydrogen-bond donors (Lipinski definition) is 1. The molecule has 0 aromatic carbocycles. The van der Waals surface area contributed by atoms with Crippen molar-refractivity contribution in [3.8, 4) is 0 Å². The van der Waals surface area contributed by atoms with E-state index >= 15 is 0 Å². The first-order valence-electron chi connectivity index (χ1n) is 0.428. The van der Waals surface area contributed by atoms with Crippen LogP contribution in [-0.4, -0.2) is 65.9 Å². The van der Waals surface area contributed by atoms with E-state index in [0.717, 1.165) is 0 Å². The van der Waals surface area contributed by atoms with Crippen molar-refractivity contribution in [3.63, 3.8) is 0 Å². The van der Waals surface area contributed by atoms with Gasteiger partial charge in [-0.25, -0.2) is 0 Å². The summed E-state index contributed by atoms with van der Waals surface area (Å²) in [4.78, 5) is 8.24. The molecular weight excluding hydrogens is 198 g/mol. The Hall–Kier alpha value is 1.00. The van der Waals surface area contributed by atoms with Crippen molar-refractivity contribution in [1.82, 2.24) is 0 Å². The zero-order valence-electron chi connectivity index (χ0n) is 2.51. The molecule has 0 aromatic rings. The van der Waals surface area contributed by atoms with Crippen LogP contribution in [0.4, 0.5) is 0 Å². The number of aliphatic hydroxyl groups excluding tert-OH is 1. The first kappa shape index (κ1) is 16.7. The van der Waals surface area contributed by atoms with Crippen LogP contribution in [0.15, 0.2) is 0 Å². The van der Waals surface area contributed by atoms with Gasteiger partial charge in [0.05, 0.1) is 0 Å². The molecule has 0 aliphatic rings. The van der Waals surface area contributed by atoms with Gasteiger partial charge < -0.3 is 15.4 Å². The second-order valence-corrected chi connectivity index (χ2v) is 0.0913. The standard InChI is InChI=1S/CHO2.Ba.H2O/c2-1-3;;/h(H,2,3);;1H2/q-1;+2;/p-1/i1+1;;. The minimum Gasteiger partial charge on any atom is -0.870 e. The zero-order chi connectivity index (χ0) is 2.71. The molecule has 0 aliphatic carbocycles. The van der Waals surface area contributed by atoms with E-state index in [1.54, 1.807) is 0 Å². The molecule has 0 fully saturated rings. The van der Waals surface area contributed by atoms with E-state index in [0.29, 0.717) is 6.47 Å². The molecule has 0 amide bonds. The minimum absolute atomic E-state index is 0. The van der Waals surface area contributed by atoms with Gasteiger partial charge in [-0.2, -0.15) is 0 Å². The molecule has 0 saturated heterocycles. The summed E-state index contributed by atoms with van der Waals surface area (Å²) < 4.78 is 0. The van der Waals surface area contributed by atoms with Gasteiger partial charge in [-0.3, -0.25) is 0 Å². The van der Waals surface area contributed by atoms with Gasteiger partial charge in [0.15, 0.2) is 0 Å². The Kier molecular flexibility index (Phi) is 66.6. The van der Waals surface area contributed by atoms with Crippen molar-refractivity contribution in [1.29, 1.82) is 0 Å². The van der Waals surface area contributed by atoms with Crippen LogP contribution in [0.2, 0.25) is 0 Å². The molecule has 0 aliphatic heterocycles.